The summed E-state index contributed by atoms with van der Waals surface area (Å²) < 4.78 is 33.5. The van der Waals surface area contributed by atoms with Gasteiger partial charge in [0, 0.05) is 19.6 Å². The molecule has 0 aliphatic rings. The third-order valence-corrected chi connectivity index (χ3v) is 11.6. The first-order valence-corrected chi connectivity index (χ1v) is 25.8. The maximum absolute atomic E-state index is 12.6. The summed E-state index contributed by atoms with van der Waals surface area (Å²) in [5.41, 5.74) is 5.38. The van der Waals surface area contributed by atoms with E-state index < -0.39 is 13.9 Å². The number of unbranched alkanes of at least 4 members (excludes halogenated alkanes) is 30. The number of esters is 1. The van der Waals surface area contributed by atoms with Gasteiger partial charge in [0.05, 0.1) is 19.8 Å². The molecule has 0 saturated heterocycles. The van der Waals surface area contributed by atoms with Crippen LogP contribution in [0, 0.1) is 0 Å². The number of carbonyl (C=O) groups is 1. The highest BCUT2D eigenvalue weighted by Crippen LogP contribution is 2.43. The van der Waals surface area contributed by atoms with Crippen molar-refractivity contribution in [2.24, 2.45) is 5.73 Å². The van der Waals surface area contributed by atoms with E-state index in [0.29, 0.717) is 13.0 Å². The molecular formula is C48H94NO7P. The summed E-state index contributed by atoms with van der Waals surface area (Å²) in [4.78, 5) is 22.5. The fraction of sp³-hybridized carbons (Fsp3) is 0.896. The number of ether oxygens (including phenoxy) is 2. The Balaban J connectivity index is 3.91. The summed E-state index contributed by atoms with van der Waals surface area (Å²) in [6.07, 6.45) is 52.1. The number of allylic oxidation sites excluding steroid dienone is 4. The highest BCUT2D eigenvalue weighted by molar-refractivity contribution is 7.47. The molecule has 0 aliphatic carbocycles. The molecule has 2 atom stereocenters. The fourth-order valence-corrected chi connectivity index (χ4v) is 7.78. The van der Waals surface area contributed by atoms with E-state index in [1.54, 1.807) is 0 Å². The molecule has 0 amide bonds. The average Bonchev–Trinajstić information content (AvgIpc) is 3.20. The molecule has 338 valence electrons. The summed E-state index contributed by atoms with van der Waals surface area (Å²) in [7, 11) is -4.28. The Hall–Kier alpha value is -1.02. The molecule has 9 heteroatoms. The zero-order chi connectivity index (χ0) is 41.6. The molecule has 0 aromatic carbocycles. The van der Waals surface area contributed by atoms with E-state index in [1.807, 2.05) is 0 Å². The molecule has 0 spiro atoms. The van der Waals surface area contributed by atoms with Gasteiger partial charge in [-0.1, -0.05) is 218 Å². The van der Waals surface area contributed by atoms with Crippen molar-refractivity contribution in [1.29, 1.82) is 0 Å². The lowest BCUT2D eigenvalue weighted by atomic mass is 10.0. The molecule has 0 aromatic rings. The van der Waals surface area contributed by atoms with Gasteiger partial charge in [-0.25, -0.2) is 4.57 Å². The Labute approximate surface area is 353 Å². The van der Waals surface area contributed by atoms with Crippen molar-refractivity contribution in [1.82, 2.24) is 0 Å². The molecule has 0 heterocycles. The Morgan fingerprint density at radius 2 is 0.947 bits per heavy atom. The van der Waals surface area contributed by atoms with Gasteiger partial charge in [-0.05, 0) is 38.5 Å². The lowest BCUT2D eigenvalue weighted by Gasteiger charge is -2.20. The van der Waals surface area contributed by atoms with E-state index in [1.165, 1.54) is 173 Å². The van der Waals surface area contributed by atoms with Crippen molar-refractivity contribution in [3.8, 4) is 0 Å². The smallest absolute Gasteiger partial charge is 0.457 e. The van der Waals surface area contributed by atoms with Gasteiger partial charge < -0.3 is 20.1 Å². The quantitative estimate of drug-likeness (QED) is 0.0270. The predicted molar refractivity (Wildman–Crippen MR) is 243 cm³/mol. The van der Waals surface area contributed by atoms with Crippen molar-refractivity contribution in [3.63, 3.8) is 0 Å². The SMILES string of the molecule is CCCC/C=C\C/C=C\CCCCCCCCOCC(COP(=O)(O)OCCN)OC(=O)CCCCCCCCCCCCCCCCCCCCCCCCC. The Morgan fingerprint density at radius 3 is 1.42 bits per heavy atom. The first-order valence-electron chi connectivity index (χ1n) is 24.3. The second-order valence-electron chi connectivity index (χ2n) is 16.3. The molecule has 2 unspecified atom stereocenters. The van der Waals surface area contributed by atoms with Gasteiger partial charge in [-0.2, -0.15) is 0 Å². The molecule has 0 radical (unpaired) electrons. The summed E-state index contributed by atoms with van der Waals surface area (Å²) in [5.74, 6) is -0.329. The van der Waals surface area contributed by atoms with Gasteiger partial charge in [0.25, 0.3) is 0 Å². The van der Waals surface area contributed by atoms with E-state index in [2.05, 4.69) is 38.2 Å². The standard InChI is InChI=1S/C48H94NO7P/c1-3-5-7-9-11-13-15-17-19-20-21-22-23-24-25-26-27-29-31-33-35-37-39-41-48(50)56-47(46-55-57(51,52)54-44-42-49)45-53-43-40-38-36-34-32-30-28-18-16-14-12-10-8-6-4-2/h10,12,16,18,47H,3-9,11,13-15,17,19-46,49H2,1-2H3,(H,51,52)/b12-10-,18-16-. The number of hydrogen-bond donors (Lipinski definition) is 2. The molecule has 57 heavy (non-hydrogen) atoms. The molecule has 8 nitrogen and oxygen atoms in total. The van der Waals surface area contributed by atoms with Crippen molar-refractivity contribution in [3.05, 3.63) is 24.3 Å². The summed E-state index contributed by atoms with van der Waals surface area (Å²) >= 11 is 0. The minimum Gasteiger partial charge on any atom is -0.457 e. The van der Waals surface area contributed by atoms with E-state index in [-0.39, 0.29) is 32.3 Å². The predicted octanol–water partition coefficient (Wildman–Crippen LogP) is 14.8. The van der Waals surface area contributed by atoms with Gasteiger partial charge in [0.1, 0.15) is 6.10 Å². The number of phosphoric acid groups is 1. The van der Waals surface area contributed by atoms with Crippen LogP contribution in [-0.2, 0) is 27.9 Å². The maximum Gasteiger partial charge on any atom is 0.472 e. The summed E-state index contributed by atoms with van der Waals surface area (Å²) in [6, 6.07) is 0. The fourth-order valence-electron chi connectivity index (χ4n) is 7.02. The van der Waals surface area contributed by atoms with Gasteiger partial charge >= 0.3 is 13.8 Å². The molecule has 0 saturated carbocycles. The Kier molecular flexibility index (Phi) is 45.2. The van der Waals surface area contributed by atoms with Crippen LogP contribution in [0.25, 0.3) is 0 Å². The van der Waals surface area contributed by atoms with Crippen LogP contribution in [0.1, 0.15) is 239 Å². The van der Waals surface area contributed by atoms with Crippen LogP contribution in [0.2, 0.25) is 0 Å². The highest BCUT2D eigenvalue weighted by Gasteiger charge is 2.25. The van der Waals surface area contributed by atoms with Crippen molar-refractivity contribution in [2.45, 2.75) is 245 Å². The topological polar surface area (TPSA) is 117 Å². The highest BCUT2D eigenvalue weighted by atomic mass is 31.2. The van der Waals surface area contributed by atoms with Crippen LogP contribution < -0.4 is 5.73 Å². The second kappa shape index (κ2) is 46.1. The van der Waals surface area contributed by atoms with Gasteiger partial charge in [-0.3, -0.25) is 13.8 Å². The van der Waals surface area contributed by atoms with E-state index >= 15 is 0 Å². The lowest BCUT2D eigenvalue weighted by molar-refractivity contribution is -0.154. The normalized spacial score (nSPS) is 13.5. The molecule has 3 N–H and O–H groups in total. The van der Waals surface area contributed by atoms with Crippen LogP contribution in [0.15, 0.2) is 24.3 Å². The lowest BCUT2D eigenvalue weighted by Crippen LogP contribution is -2.28. The average molecular weight is 828 g/mol. The molecule has 0 aliphatic heterocycles. The summed E-state index contributed by atoms with van der Waals surface area (Å²) in [5, 5.41) is 0. The molecule has 0 fully saturated rings. The maximum atomic E-state index is 12.6. The zero-order valence-electron chi connectivity index (χ0n) is 37.6. The number of carbonyl (C=O) groups excluding carboxylic acids is 1. The van der Waals surface area contributed by atoms with Crippen molar-refractivity contribution in [2.75, 3.05) is 33.0 Å². The van der Waals surface area contributed by atoms with E-state index in [9.17, 15) is 14.3 Å². The van der Waals surface area contributed by atoms with Crippen LogP contribution >= 0.6 is 7.82 Å². The summed E-state index contributed by atoms with van der Waals surface area (Å²) in [6.45, 7) is 4.90. The molecule has 0 rings (SSSR count). The van der Waals surface area contributed by atoms with Gasteiger partial charge in [0.2, 0.25) is 0 Å². The third kappa shape index (κ3) is 45.9. The number of rotatable bonds is 47. The van der Waals surface area contributed by atoms with Crippen LogP contribution in [0.4, 0.5) is 0 Å². The number of phosphoric ester groups is 1. The Bertz CT molecular complexity index is 930. The first kappa shape index (κ1) is 56.0. The van der Waals surface area contributed by atoms with E-state index in [4.69, 9.17) is 24.3 Å². The van der Waals surface area contributed by atoms with Crippen molar-refractivity contribution >= 4 is 13.8 Å². The van der Waals surface area contributed by atoms with Gasteiger partial charge in [0.15, 0.2) is 0 Å². The monoisotopic (exact) mass is 828 g/mol. The molecule has 0 bridgehead atoms. The van der Waals surface area contributed by atoms with Crippen LogP contribution in [0.3, 0.4) is 0 Å². The Morgan fingerprint density at radius 1 is 0.526 bits per heavy atom. The largest absolute Gasteiger partial charge is 0.472 e. The minimum absolute atomic E-state index is 0.0955. The van der Waals surface area contributed by atoms with Crippen LogP contribution in [0.5, 0.6) is 0 Å². The van der Waals surface area contributed by atoms with Crippen LogP contribution in [-0.4, -0.2) is 49.9 Å². The van der Waals surface area contributed by atoms with Crippen molar-refractivity contribution < 1.29 is 32.8 Å². The zero-order valence-corrected chi connectivity index (χ0v) is 38.5. The van der Waals surface area contributed by atoms with E-state index in [0.717, 1.165) is 44.9 Å². The number of nitrogens with two attached hydrogens (primary N) is 1. The third-order valence-electron chi connectivity index (χ3n) is 10.6. The minimum atomic E-state index is -4.28. The van der Waals surface area contributed by atoms with Gasteiger partial charge in [-0.15, -0.1) is 0 Å². The number of hydrogen-bond acceptors (Lipinski definition) is 7. The molecular weight excluding hydrogens is 734 g/mol. The molecule has 0 aromatic heterocycles. The second-order valence-corrected chi connectivity index (χ2v) is 17.8. The first-order chi connectivity index (χ1) is 27.9.